The predicted octanol–water partition coefficient (Wildman–Crippen LogP) is -0.0694. The van der Waals surface area contributed by atoms with Gasteiger partial charge in [0.1, 0.15) is 18.1 Å². The molecular weight excluding hydrogens is 416 g/mol. The Morgan fingerprint density at radius 1 is 1.06 bits per heavy atom. The SMILES string of the molecule is CCC(C)C(NC(=O)C(N)CC(C)C)C(=O)NC(C)C(=O)NC(Cc1cnc[nH]1)C(=O)O. The van der Waals surface area contributed by atoms with E-state index in [9.17, 15) is 24.3 Å². The minimum absolute atomic E-state index is 0.0149. The van der Waals surface area contributed by atoms with Gasteiger partial charge in [-0.25, -0.2) is 9.78 Å². The number of carboxylic acid groups (broad SMARTS) is 1. The topological polar surface area (TPSA) is 179 Å². The number of carbonyl (C=O) groups is 4. The number of carboxylic acids is 1. The molecule has 0 aliphatic rings. The predicted molar refractivity (Wildman–Crippen MR) is 118 cm³/mol. The zero-order valence-electron chi connectivity index (χ0n) is 19.3. The maximum Gasteiger partial charge on any atom is 0.326 e. The van der Waals surface area contributed by atoms with E-state index in [1.165, 1.54) is 19.4 Å². The van der Waals surface area contributed by atoms with Gasteiger partial charge in [-0.2, -0.15) is 0 Å². The van der Waals surface area contributed by atoms with Crippen molar-refractivity contribution in [1.29, 1.82) is 0 Å². The van der Waals surface area contributed by atoms with Gasteiger partial charge in [0.25, 0.3) is 0 Å². The summed E-state index contributed by atoms with van der Waals surface area (Å²) in [6, 6.07) is -3.82. The van der Waals surface area contributed by atoms with Crippen LogP contribution in [-0.2, 0) is 25.6 Å². The summed E-state index contributed by atoms with van der Waals surface area (Å²) in [7, 11) is 0. The first-order chi connectivity index (χ1) is 15.0. The number of aromatic amines is 1. The summed E-state index contributed by atoms with van der Waals surface area (Å²) in [5, 5.41) is 17.1. The summed E-state index contributed by atoms with van der Waals surface area (Å²) >= 11 is 0. The lowest BCUT2D eigenvalue weighted by Gasteiger charge is -2.27. The normalized spacial score (nSPS) is 15.8. The van der Waals surface area contributed by atoms with Crippen molar-refractivity contribution in [2.75, 3.05) is 0 Å². The quantitative estimate of drug-likeness (QED) is 0.242. The van der Waals surface area contributed by atoms with Gasteiger partial charge in [0.15, 0.2) is 0 Å². The lowest BCUT2D eigenvalue weighted by atomic mass is 9.96. The number of H-pyrrole nitrogens is 1. The number of imidazole rings is 1. The van der Waals surface area contributed by atoms with Crippen LogP contribution in [0.15, 0.2) is 12.5 Å². The molecule has 0 bridgehead atoms. The highest BCUT2D eigenvalue weighted by atomic mass is 16.4. The van der Waals surface area contributed by atoms with Crippen molar-refractivity contribution in [2.24, 2.45) is 17.6 Å². The van der Waals surface area contributed by atoms with Crippen LogP contribution in [0.2, 0.25) is 0 Å². The highest BCUT2D eigenvalue weighted by Gasteiger charge is 2.31. The van der Waals surface area contributed by atoms with E-state index >= 15 is 0 Å². The second kappa shape index (κ2) is 12.8. The molecule has 1 heterocycles. The van der Waals surface area contributed by atoms with E-state index in [0.717, 1.165) is 0 Å². The fourth-order valence-corrected chi connectivity index (χ4v) is 3.06. The third-order valence-corrected chi connectivity index (χ3v) is 5.20. The van der Waals surface area contributed by atoms with E-state index in [2.05, 4.69) is 25.9 Å². The lowest BCUT2D eigenvalue weighted by Crippen LogP contribution is -2.58. The van der Waals surface area contributed by atoms with Gasteiger partial charge >= 0.3 is 5.97 Å². The van der Waals surface area contributed by atoms with Gasteiger partial charge in [0.2, 0.25) is 17.7 Å². The molecule has 0 saturated heterocycles. The molecule has 3 amide bonds. The molecule has 0 fully saturated rings. The molecule has 0 aromatic carbocycles. The van der Waals surface area contributed by atoms with Gasteiger partial charge in [-0.05, 0) is 25.2 Å². The smallest absolute Gasteiger partial charge is 0.326 e. The van der Waals surface area contributed by atoms with Crippen molar-refractivity contribution in [3.8, 4) is 0 Å². The largest absolute Gasteiger partial charge is 0.480 e. The Balaban J connectivity index is 2.77. The summed E-state index contributed by atoms with van der Waals surface area (Å²) in [5.74, 6) is -2.81. The minimum atomic E-state index is -1.21. The highest BCUT2D eigenvalue weighted by Crippen LogP contribution is 2.10. The Labute approximate surface area is 188 Å². The molecule has 0 saturated carbocycles. The number of nitrogens with one attached hydrogen (secondary N) is 4. The first-order valence-electron chi connectivity index (χ1n) is 10.8. The van der Waals surface area contributed by atoms with Gasteiger partial charge in [-0.1, -0.05) is 34.1 Å². The maximum atomic E-state index is 12.8. The molecule has 0 radical (unpaired) electrons. The lowest BCUT2D eigenvalue weighted by molar-refractivity contribution is -0.142. The molecule has 0 aliphatic carbocycles. The maximum absolute atomic E-state index is 12.8. The van der Waals surface area contributed by atoms with E-state index in [4.69, 9.17) is 5.73 Å². The van der Waals surface area contributed by atoms with Crippen molar-refractivity contribution in [1.82, 2.24) is 25.9 Å². The number of hydrogen-bond acceptors (Lipinski definition) is 6. The zero-order chi connectivity index (χ0) is 24.4. The molecule has 7 N–H and O–H groups in total. The molecule has 1 aromatic heterocycles. The van der Waals surface area contributed by atoms with Gasteiger partial charge in [0, 0.05) is 18.3 Å². The van der Waals surface area contributed by atoms with Gasteiger partial charge in [-0.15, -0.1) is 0 Å². The molecule has 5 atom stereocenters. The van der Waals surface area contributed by atoms with Crippen LogP contribution >= 0.6 is 0 Å². The van der Waals surface area contributed by atoms with Crippen molar-refractivity contribution < 1.29 is 24.3 Å². The minimum Gasteiger partial charge on any atom is -0.480 e. The third-order valence-electron chi connectivity index (χ3n) is 5.20. The summed E-state index contributed by atoms with van der Waals surface area (Å²) < 4.78 is 0. The van der Waals surface area contributed by atoms with Crippen LogP contribution in [0.5, 0.6) is 0 Å². The first-order valence-corrected chi connectivity index (χ1v) is 10.8. The molecule has 5 unspecified atom stereocenters. The molecule has 1 aromatic rings. The third kappa shape index (κ3) is 8.66. The Morgan fingerprint density at radius 3 is 2.22 bits per heavy atom. The fourth-order valence-electron chi connectivity index (χ4n) is 3.06. The Hall–Kier alpha value is -2.95. The van der Waals surface area contributed by atoms with Crippen LogP contribution in [0.4, 0.5) is 0 Å². The van der Waals surface area contributed by atoms with E-state index in [0.29, 0.717) is 18.5 Å². The number of hydrogen-bond donors (Lipinski definition) is 6. The van der Waals surface area contributed by atoms with Gasteiger partial charge in [0.05, 0.1) is 12.4 Å². The molecule has 1 rings (SSSR count). The summed E-state index contributed by atoms with van der Waals surface area (Å²) in [6.45, 7) is 9.04. The van der Waals surface area contributed by atoms with E-state index < -0.39 is 47.9 Å². The molecule has 32 heavy (non-hydrogen) atoms. The summed E-state index contributed by atoms with van der Waals surface area (Å²) in [5.41, 5.74) is 6.47. The molecule has 11 nitrogen and oxygen atoms in total. The zero-order valence-corrected chi connectivity index (χ0v) is 19.3. The van der Waals surface area contributed by atoms with Crippen molar-refractivity contribution in [3.63, 3.8) is 0 Å². The number of nitrogens with zero attached hydrogens (tertiary/aromatic N) is 1. The van der Waals surface area contributed by atoms with Crippen LogP contribution in [-0.4, -0.2) is 62.9 Å². The van der Waals surface area contributed by atoms with E-state index in [-0.39, 0.29) is 18.3 Å². The van der Waals surface area contributed by atoms with Gasteiger partial charge in [-0.3, -0.25) is 14.4 Å². The molecule has 180 valence electrons. The monoisotopic (exact) mass is 452 g/mol. The average Bonchev–Trinajstić information content (AvgIpc) is 3.22. The summed E-state index contributed by atoms with van der Waals surface area (Å²) in [4.78, 5) is 55.9. The Morgan fingerprint density at radius 2 is 1.72 bits per heavy atom. The second-order valence-corrected chi connectivity index (χ2v) is 8.52. The fraction of sp³-hybridized carbons (Fsp3) is 0.667. The van der Waals surface area contributed by atoms with Crippen LogP contribution in [0.25, 0.3) is 0 Å². The second-order valence-electron chi connectivity index (χ2n) is 8.52. The molecular formula is C21H36N6O5. The molecule has 0 aliphatic heterocycles. The standard InChI is InChI=1S/C21H36N6O5/c1-6-12(4)17(27-19(29)15(22)7-11(2)3)20(30)25-13(5)18(28)26-16(21(31)32)8-14-9-23-10-24-14/h9-13,15-17H,6-8,22H2,1-5H3,(H,23,24)(H,25,30)(H,26,28)(H,27,29)(H,31,32). The molecule has 0 spiro atoms. The van der Waals surface area contributed by atoms with E-state index in [1.54, 1.807) is 0 Å². The van der Waals surface area contributed by atoms with Crippen molar-refractivity contribution >= 4 is 23.7 Å². The number of amides is 3. The Bertz CT molecular complexity index is 767. The Kier molecular flexibility index (Phi) is 10.8. The van der Waals surface area contributed by atoms with Gasteiger partial charge < -0.3 is 31.8 Å². The highest BCUT2D eigenvalue weighted by molar-refractivity contribution is 5.94. The number of carbonyl (C=O) groups excluding carboxylic acids is 3. The van der Waals surface area contributed by atoms with Crippen LogP contribution in [0.1, 0.15) is 53.2 Å². The van der Waals surface area contributed by atoms with Crippen LogP contribution in [0, 0.1) is 11.8 Å². The van der Waals surface area contributed by atoms with Crippen molar-refractivity contribution in [3.05, 3.63) is 18.2 Å². The van der Waals surface area contributed by atoms with Crippen LogP contribution in [0.3, 0.4) is 0 Å². The van der Waals surface area contributed by atoms with E-state index in [1.807, 2.05) is 27.7 Å². The number of rotatable bonds is 13. The summed E-state index contributed by atoms with van der Waals surface area (Å²) in [6.07, 6.45) is 3.99. The van der Waals surface area contributed by atoms with Crippen LogP contribution < -0.4 is 21.7 Å². The first kappa shape index (κ1) is 27.1. The van der Waals surface area contributed by atoms with Crippen molar-refractivity contribution in [2.45, 2.75) is 78.0 Å². The number of nitrogens with two attached hydrogens (primary N) is 1. The number of aromatic nitrogens is 2. The number of aliphatic carboxylic acids is 1. The average molecular weight is 453 g/mol. The molecule has 11 heteroatoms.